The highest BCUT2D eigenvalue weighted by Gasteiger charge is 2.59. The van der Waals surface area contributed by atoms with Crippen LogP contribution in [0.15, 0.2) is 120 Å². The van der Waals surface area contributed by atoms with E-state index in [9.17, 15) is 10.1 Å². The fourth-order valence-corrected chi connectivity index (χ4v) is 5.26. The standard InChI is InChI=1S/C29H23N3O2/c33-32(34)24-18-16-21(17-19-24)26-29-28(23-14-8-3-9-15-23)31(29)27(22-12-6-2-7-13-22)25(30-26)20-10-4-1-5-11-20/h1-19,25,27-29H/t25-,27-,28-,29-,31?/m1/s1. The predicted octanol–water partition coefficient (Wildman–Crippen LogP) is 6.31. The molecule has 0 bridgehead atoms. The number of hydrogen-bond acceptors (Lipinski definition) is 4. The summed E-state index contributed by atoms with van der Waals surface area (Å²) in [7, 11) is 0. The lowest BCUT2D eigenvalue weighted by atomic mass is 9.91. The summed E-state index contributed by atoms with van der Waals surface area (Å²) in [6.07, 6.45) is 0. The number of benzene rings is 4. The van der Waals surface area contributed by atoms with Crippen molar-refractivity contribution >= 4 is 11.4 Å². The average molecular weight is 446 g/mol. The van der Waals surface area contributed by atoms with E-state index in [-0.39, 0.29) is 34.8 Å². The van der Waals surface area contributed by atoms with Crippen LogP contribution in [0.1, 0.15) is 40.4 Å². The van der Waals surface area contributed by atoms with Crippen LogP contribution in [0.25, 0.3) is 0 Å². The molecule has 0 aromatic heterocycles. The van der Waals surface area contributed by atoms with Gasteiger partial charge in [-0.25, -0.2) is 0 Å². The molecule has 5 heteroatoms. The summed E-state index contributed by atoms with van der Waals surface area (Å²) >= 11 is 0. The SMILES string of the molecule is O=[N+]([O-])c1ccc(C2=N[C@H](c3ccccc3)[C@@H](c3ccccc3)N3[C@H]2[C@H]3c2ccccc2)cc1. The number of aliphatic imine (C=N–C) groups is 1. The Hall–Kier alpha value is -4.09. The molecule has 4 aromatic rings. The highest BCUT2D eigenvalue weighted by molar-refractivity contribution is 6.07. The van der Waals surface area contributed by atoms with Crippen molar-refractivity contribution in [2.24, 2.45) is 4.99 Å². The summed E-state index contributed by atoms with van der Waals surface area (Å²) in [4.78, 5) is 18.7. The first kappa shape index (κ1) is 20.5. The Morgan fingerprint density at radius 2 is 1.12 bits per heavy atom. The number of nitrogens with zero attached hydrogens (tertiary/aromatic N) is 3. The molecule has 0 N–H and O–H groups in total. The first-order chi connectivity index (χ1) is 16.7. The molecule has 5 atom stereocenters. The molecule has 1 fully saturated rings. The van der Waals surface area contributed by atoms with Crippen LogP contribution in [0, 0.1) is 10.1 Å². The van der Waals surface area contributed by atoms with E-state index in [4.69, 9.17) is 4.99 Å². The summed E-state index contributed by atoms with van der Waals surface area (Å²) in [5, 5.41) is 11.2. The second-order valence-electron chi connectivity index (χ2n) is 8.78. The number of nitro benzene ring substituents is 1. The van der Waals surface area contributed by atoms with Crippen molar-refractivity contribution in [1.82, 2.24) is 4.90 Å². The normalized spacial score (nSPS) is 25.2. The molecule has 0 amide bonds. The minimum atomic E-state index is -0.360. The Morgan fingerprint density at radius 3 is 1.65 bits per heavy atom. The third-order valence-electron chi connectivity index (χ3n) is 6.83. The fraction of sp³-hybridized carbons (Fsp3) is 0.138. The van der Waals surface area contributed by atoms with E-state index in [1.807, 2.05) is 30.3 Å². The second-order valence-corrected chi connectivity index (χ2v) is 8.78. The van der Waals surface area contributed by atoms with Gasteiger partial charge in [-0.2, -0.15) is 0 Å². The van der Waals surface area contributed by atoms with Crippen LogP contribution in [0.4, 0.5) is 5.69 Å². The Kier molecular flexibility index (Phi) is 5.04. The van der Waals surface area contributed by atoms with Gasteiger partial charge in [-0.1, -0.05) is 91.0 Å². The van der Waals surface area contributed by atoms with Gasteiger partial charge in [0.15, 0.2) is 0 Å². The maximum Gasteiger partial charge on any atom is 0.269 e. The van der Waals surface area contributed by atoms with Crippen LogP contribution in [0.2, 0.25) is 0 Å². The van der Waals surface area contributed by atoms with E-state index in [0.29, 0.717) is 0 Å². The molecule has 2 aliphatic rings. The molecule has 0 radical (unpaired) electrons. The molecular formula is C29H23N3O2. The molecule has 34 heavy (non-hydrogen) atoms. The quantitative estimate of drug-likeness (QED) is 0.206. The Bertz CT molecular complexity index is 1340. The van der Waals surface area contributed by atoms with E-state index in [0.717, 1.165) is 16.8 Å². The minimum Gasteiger partial charge on any atom is -0.277 e. The van der Waals surface area contributed by atoms with Crippen molar-refractivity contribution in [3.63, 3.8) is 0 Å². The van der Waals surface area contributed by atoms with Gasteiger partial charge >= 0.3 is 0 Å². The van der Waals surface area contributed by atoms with Crippen molar-refractivity contribution in [1.29, 1.82) is 0 Å². The zero-order chi connectivity index (χ0) is 23.1. The highest BCUT2D eigenvalue weighted by Crippen LogP contribution is 2.58. The van der Waals surface area contributed by atoms with Gasteiger partial charge in [0, 0.05) is 12.1 Å². The van der Waals surface area contributed by atoms with Crippen molar-refractivity contribution in [2.45, 2.75) is 24.2 Å². The minimum absolute atomic E-state index is 0.0845. The van der Waals surface area contributed by atoms with Gasteiger partial charge in [0.1, 0.15) is 0 Å². The first-order valence-corrected chi connectivity index (χ1v) is 11.5. The van der Waals surface area contributed by atoms with Gasteiger partial charge in [-0.15, -0.1) is 0 Å². The fourth-order valence-electron chi connectivity index (χ4n) is 5.26. The van der Waals surface area contributed by atoms with Gasteiger partial charge in [0.05, 0.1) is 34.8 Å². The van der Waals surface area contributed by atoms with Crippen molar-refractivity contribution < 1.29 is 4.92 Å². The highest BCUT2D eigenvalue weighted by atomic mass is 16.6. The van der Waals surface area contributed by atoms with Crippen LogP contribution >= 0.6 is 0 Å². The van der Waals surface area contributed by atoms with Crippen LogP contribution in [0.3, 0.4) is 0 Å². The van der Waals surface area contributed by atoms with Gasteiger partial charge in [0.2, 0.25) is 0 Å². The smallest absolute Gasteiger partial charge is 0.269 e. The van der Waals surface area contributed by atoms with Crippen LogP contribution in [-0.4, -0.2) is 21.6 Å². The van der Waals surface area contributed by atoms with Gasteiger partial charge in [0.25, 0.3) is 5.69 Å². The summed E-state index contributed by atoms with van der Waals surface area (Å²) < 4.78 is 0. The third-order valence-corrected chi connectivity index (χ3v) is 6.83. The molecule has 166 valence electrons. The van der Waals surface area contributed by atoms with E-state index in [1.54, 1.807) is 12.1 Å². The van der Waals surface area contributed by atoms with Crippen LogP contribution < -0.4 is 0 Å². The maximum atomic E-state index is 11.2. The summed E-state index contributed by atoms with van der Waals surface area (Å²) in [6, 6.07) is 38.7. The number of hydrogen-bond donors (Lipinski definition) is 0. The van der Waals surface area contributed by atoms with Gasteiger partial charge in [-0.05, 0) is 34.4 Å². The summed E-state index contributed by atoms with van der Waals surface area (Å²) in [6.45, 7) is 0. The lowest BCUT2D eigenvalue weighted by Crippen LogP contribution is -2.29. The topological polar surface area (TPSA) is 58.5 Å². The summed E-state index contributed by atoms with van der Waals surface area (Å²) in [5.41, 5.74) is 5.68. The number of non-ortho nitro benzene ring substituents is 1. The number of rotatable bonds is 5. The van der Waals surface area contributed by atoms with E-state index >= 15 is 0 Å². The van der Waals surface area contributed by atoms with Crippen molar-refractivity contribution in [2.75, 3.05) is 0 Å². The molecule has 5 nitrogen and oxygen atoms in total. The first-order valence-electron chi connectivity index (χ1n) is 11.5. The van der Waals surface area contributed by atoms with E-state index < -0.39 is 0 Å². The molecule has 6 rings (SSSR count). The zero-order valence-electron chi connectivity index (χ0n) is 18.4. The van der Waals surface area contributed by atoms with Crippen LogP contribution in [-0.2, 0) is 0 Å². The molecule has 0 saturated carbocycles. The predicted molar refractivity (Wildman–Crippen MR) is 133 cm³/mol. The molecule has 1 unspecified atom stereocenters. The third kappa shape index (κ3) is 3.51. The average Bonchev–Trinajstić information content (AvgIpc) is 3.65. The lowest BCUT2D eigenvalue weighted by Gasteiger charge is -2.32. The lowest BCUT2D eigenvalue weighted by molar-refractivity contribution is -0.384. The van der Waals surface area contributed by atoms with E-state index in [1.165, 1.54) is 11.1 Å². The molecule has 0 aliphatic carbocycles. The molecular weight excluding hydrogens is 422 g/mol. The molecule has 2 aliphatic heterocycles. The monoisotopic (exact) mass is 445 g/mol. The Balaban J connectivity index is 1.51. The largest absolute Gasteiger partial charge is 0.277 e. The van der Waals surface area contributed by atoms with Gasteiger partial charge < -0.3 is 0 Å². The van der Waals surface area contributed by atoms with Crippen LogP contribution in [0.5, 0.6) is 0 Å². The molecule has 1 saturated heterocycles. The zero-order valence-corrected chi connectivity index (χ0v) is 18.4. The van der Waals surface area contributed by atoms with E-state index in [2.05, 4.69) is 77.7 Å². The van der Waals surface area contributed by atoms with Gasteiger partial charge in [-0.3, -0.25) is 20.0 Å². The maximum absolute atomic E-state index is 11.2. The number of fused-ring (bicyclic) bond motifs is 1. The summed E-state index contributed by atoms with van der Waals surface area (Å²) in [5.74, 6) is 0. The van der Waals surface area contributed by atoms with Crippen molar-refractivity contribution in [3.8, 4) is 0 Å². The molecule has 0 spiro atoms. The Labute approximate surface area is 198 Å². The number of nitro groups is 1. The van der Waals surface area contributed by atoms with Crippen molar-refractivity contribution in [3.05, 3.63) is 148 Å². The molecule has 2 heterocycles. The second kappa shape index (κ2) is 8.36. The molecule has 4 aromatic carbocycles. The Morgan fingerprint density at radius 1 is 0.618 bits per heavy atom.